The summed E-state index contributed by atoms with van der Waals surface area (Å²) in [5.41, 5.74) is 0.170. The molecule has 7 heteroatoms. The van der Waals surface area contributed by atoms with Crippen LogP contribution in [0.1, 0.15) is 5.56 Å². The first kappa shape index (κ1) is 12.3. The molecule has 1 aliphatic rings. The molecule has 0 amide bonds. The Morgan fingerprint density at radius 2 is 2.06 bits per heavy atom. The van der Waals surface area contributed by atoms with Crippen LogP contribution in [0, 0.1) is 5.82 Å². The zero-order chi connectivity index (χ0) is 12.5. The summed E-state index contributed by atoms with van der Waals surface area (Å²) in [6.45, 7) is 0.0791. The molecule has 0 bridgehead atoms. The van der Waals surface area contributed by atoms with E-state index in [-0.39, 0.29) is 36.0 Å². The Labute approximate surface area is 98.8 Å². The van der Waals surface area contributed by atoms with Crippen LogP contribution in [-0.2, 0) is 16.4 Å². The zero-order valence-electron chi connectivity index (χ0n) is 9.13. The molecule has 0 aromatic carbocycles. The van der Waals surface area contributed by atoms with Crippen molar-refractivity contribution in [2.75, 3.05) is 29.5 Å². The van der Waals surface area contributed by atoms with Crippen molar-refractivity contribution in [3.05, 3.63) is 23.6 Å². The van der Waals surface area contributed by atoms with Crippen molar-refractivity contribution in [2.45, 2.75) is 6.61 Å². The summed E-state index contributed by atoms with van der Waals surface area (Å²) in [7, 11) is -2.99. The van der Waals surface area contributed by atoms with Gasteiger partial charge in [0.2, 0.25) is 0 Å². The minimum atomic E-state index is -2.99. The molecule has 1 aliphatic heterocycles. The van der Waals surface area contributed by atoms with Gasteiger partial charge in [0.25, 0.3) is 0 Å². The number of aromatic nitrogens is 1. The standard InChI is InChI=1S/C10H13FN2O3S/c11-9-8(7-14)1-2-12-10(9)13-3-5-17(15,16)6-4-13/h1-2,14H,3-7H2. The Bertz CT molecular complexity index is 504. The number of hydrogen-bond donors (Lipinski definition) is 1. The van der Waals surface area contributed by atoms with E-state index in [0.29, 0.717) is 0 Å². The van der Waals surface area contributed by atoms with Gasteiger partial charge in [-0.2, -0.15) is 0 Å². The second-order valence-electron chi connectivity index (χ2n) is 3.90. The summed E-state index contributed by atoms with van der Waals surface area (Å²) in [5, 5.41) is 8.94. The molecule has 0 aliphatic carbocycles. The van der Waals surface area contributed by atoms with Crippen LogP contribution in [0.15, 0.2) is 12.3 Å². The van der Waals surface area contributed by atoms with Crippen molar-refractivity contribution in [1.29, 1.82) is 0 Å². The number of halogens is 1. The highest BCUT2D eigenvalue weighted by molar-refractivity contribution is 7.91. The van der Waals surface area contributed by atoms with E-state index >= 15 is 0 Å². The Balaban J connectivity index is 2.24. The molecular formula is C10H13FN2O3S. The largest absolute Gasteiger partial charge is 0.392 e. The van der Waals surface area contributed by atoms with Crippen LogP contribution in [0.5, 0.6) is 0 Å². The first-order chi connectivity index (χ1) is 8.03. The summed E-state index contributed by atoms with van der Waals surface area (Å²) in [4.78, 5) is 5.50. The molecule has 0 unspecified atom stereocenters. The summed E-state index contributed by atoms with van der Waals surface area (Å²) in [5.74, 6) is -0.435. The summed E-state index contributed by atoms with van der Waals surface area (Å²) >= 11 is 0. The van der Waals surface area contributed by atoms with E-state index in [2.05, 4.69) is 4.98 Å². The topological polar surface area (TPSA) is 70.5 Å². The summed E-state index contributed by atoms with van der Waals surface area (Å²) in [6, 6.07) is 1.40. The van der Waals surface area contributed by atoms with Crippen molar-refractivity contribution in [1.82, 2.24) is 4.98 Å². The Morgan fingerprint density at radius 1 is 1.41 bits per heavy atom. The number of anilines is 1. The van der Waals surface area contributed by atoms with E-state index < -0.39 is 22.3 Å². The Morgan fingerprint density at radius 3 is 2.65 bits per heavy atom. The van der Waals surface area contributed by atoms with E-state index in [9.17, 15) is 12.8 Å². The summed E-state index contributed by atoms with van der Waals surface area (Å²) < 4.78 is 36.3. The second-order valence-corrected chi connectivity index (χ2v) is 6.21. The minimum absolute atomic E-state index is 0.0114. The number of nitrogens with zero attached hydrogens (tertiary/aromatic N) is 2. The maximum absolute atomic E-state index is 13.8. The lowest BCUT2D eigenvalue weighted by Crippen LogP contribution is -2.41. The minimum Gasteiger partial charge on any atom is -0.392 e. The molecule has 2 heterocycles. The molecule has 2 rings (SSSR count). The average Bonchev–Trinajstić information content (AvgIpc) is 2.30. The lowest BCUT2D eigenvalue weighted by atomic mass is 10.2. The predicted octanol–water partition coefficient (Wildman–Crippen LogP) is -0.0522. The molecule has 0 spiro atoms. The van der Waals surface area contributed by atoms with Crippen molar-refractivity contribution < 1.29 is 17.9 Å². The molecule has 17 heavy (non-hydrogen) atoms. The van der Waals surface area contributed by atoms with E-state index in [1.165, 1.54) is 12.3 Å². The van der Waals surface area contributed by atoms with Gasteiger partial charge in [0.05, 0.1) is 18.1 Å². The molecule has 1 aromatic rings. The second kappa shape index (κ2) is 4.58. The van der Waals surface area contributed by atoms with Crippen LogP contribution < -0.4 is 4.90 Å². The van der Waals surface area contributed by atoms with Crippen LogP contribution in [-0.4, -0.2) is 43.1 Å². The van der Waals surface area contributed by atoms with E-state index in [0.717, 1.165) is 0 Å². The number of rotatable bonds is 2. The smallest absolute Gasteiger partial charge is 0.171 e. The first-order valence-electron chi connectivity index (χ1n) is 5.23. The number of sulfone groups is 1. The maximum Gasteiger partial charge on any atom is 0.171 e. The van der Waals surface area contributed by atoms with Crippen LogP contribution in [0.25, 0.3) is 0 Å². The normalized spacial score (nSPS) is 19.3. The van der Waals surface area contributed by atoms with Crippen molar-refractivity contribution >= 4 is 15.7 Å². The van der Waals surface area contributed by atoms with Gasteiger partial charge in [-0.15, -0.1) is 0 Å². The fourth-order valence-electron chi connectivity index (χ4n) is 1.74. The molecule has 0 radical (unpaired) electrons. The van der Waals surface area contributed by atoms with Gasteiger partial charge in [-0.3, -0.25) is 0 Å². The molecule has 94 valence electrons. The lowest BCUT2D eigenvalue weighted by Gasteiger charge is -2.28. The van der Waals surface area contributed by atoms with Gasteiger partial charge < -0.3 is 10.0 Å². The van der Waals surface area contributed by atoms with Crippen LogP contribution in [0.3, 0.4) is 0 Å². The SMILES string of the molecule is O=S1(=O)CCN(c2nccc(CO)c2F)CC1. The third-order valence-electron chi connectivity index (χ3n) is 2.77. The van der Waals surface area contributed by atoms with E-state index in [1.807, 2.05) is 0 Å². The van der Waals surface area contributed by atoms with Gasteiger partial charge >= 0.3 is 0 Å². The fraction of sp³-hybridized carbons (Fsp3) is 0.500. The van der Waals surface area contributed by atoms with Gasteiger partial charge in [-0.05, 0) is 6.07 Å². The van der Waals surface area contributed by atoms with Crippen molar-refractivity contribution in [3.8, 4) is 0 Å². The van der Waals surface area contributed by atoms with E-state index in [1.54, 1.807) is 4.90 Å². The quantitative estimate of drug-likeness (QED) is 0.807. The fourth-order valence-corrected chi connectivity index (χ4v) is 2.94. The number of pyridine rings is 1. The lowest BCUT2D eigenvalue weighted by molar-refractivity contribution is 0.275. The molecular weight excluding hydrogens is 247 g/mol. The third kappa shape index (κ3) is 2.55. The molecule has 1 N–H and O–H groups in total. The van der Waals surface area contributed by atoms with Gasteiger partial charge in [-0.25, -0.2) is 17.8 Å². The van der Waals surface area contributed by atoms with E-state index in [4.69, 9.17) is 5.11 Å². The summed E-state index contributed by atoms with van der Waals surface area (Å²) in [6.07, 6.45) is 1.41. The van der Waals surface area contributed by atoms with Gasteiger partial charge in [0.1, 0.15) is 0 Å². The highest BCUT2D eigenvalue weighted by Gasteiger charge is 2.24. The Kier molecular flexibility index (Phi) is 3.30. The molecule has 5 nitrogen and oxygen atoms in total. The van der Waals surface area contributed by atoms with Gasteiger partial charge in [0, 0.05) is 24.8 Å². The predicted molar refractivity (Wildman–Crippen MR) is 61.0 cm³/mol. The van der Waals surface area contributed by atoms with Crippen LogP contribution >= 0.6 is 0 Å². The van der Waals surface area contributed by atoms with Crippen LogP contribution in [0.4, 0.5) is 10.2 Å². The number of hydrogen-bond acceptors (Lipinski definition) is 5. The molecule has 1 aromatic heterocycles. The zero-order valence-corrected chi connectivity index (χ0v) is 9.95. The number of aliphatic hydroxyl groups is 1. The van der Waals surface area contributed by atoms with Crippen molar-refractivity contribution in [2.24, 2.45) is 0 Å². The molecule has 0 saturated carbocycles. The molecule has 0 atom stereocenters. The average molecular weight is 260 g/mol. The van der Waals surface area contributed by atoms with Crippen molar-refractivity contribution in [3.63, 3.8) is 0 Å². The highest BCUT2D eigenvalue weighted by Crippen LogP contribution is 2.21. The van der Waals surface area contributed by atoms with Gasteiger partial charge in [-0.1, -0.05) is 0 Å². The Hall–Kier alpha value is -1.21. The molecule has 1 saturated heterocycles. The number of aliphatic hydroxyl groups excluding tert-OH is 1. The monoisotopic (exact) mass is 260 g/mol. The van der Waals surface area contributed by atoms with Gasteiger partial charge in [0.15, 0.2) is 21.5 Å². The van der Waals surface area contributed by atoms with Crippen LogP contribution in [0.2, 0.25) is 0 Å². The maximum atomic E-state index is 13.8. The first-order valence-corrected chi connectivity index (χ1v) is 7.05. The highest BCUT2D eigenvalue weighted by atomic mass is 32.2. The third-order valence-corrected chi connectivity index (χ3v) is 4.37. The molecule has 1 fully saturated rings.